The van der Waals surface area contributed by atoms with E-state index >= 15 is 0 Å². The van der Waals surface area contributed by atoms with Gasteiger partial charge in [-0.25, -0.2) is 4.39 Å². The Labute approximate surface area is 129 Å². The summed E-state index contributed by atoms with van der Waals surface area (Å²) in [6.07, 6.45) is 2.36. The summed E-state index contributed by atoms with van der Waals surface area (Å²) in [7, 11) is 0. The van der Waals surface area contributed by atoms with E-state index in [1.54, 1.807) is 12.1 Å². The van der Waals surface area contributed by atoms with Crippen LogP contribution in [-0.2, 0) is 6.54 Å². The highest BCUT2D eigenvalue weighted by Crippen LogP contribution is 2.19. The first-order valence-electron chi connectivity index (χ1n) is 7.44. The minimum absolute atomic E-state index is 0.170. The fourth-order valence-corrected chi connectivity index (χ4v) is 3.16. The van der Waals surface area contributed by atoms with Gasteiger partial charge < -0.3 is 10.2 Å². The fraction of sp³-hybridized carbons (Fsp3) is 0.625. The first-order chi connectivity index (χ1) is 9.54. The van der Waals surface area contributed by atoms with Crippen LogP contribution in [0.4, 0.5) is 4.39 Å². The van der Waals surface area contributed by atoms with Gasteiger partial charge >= 0.3 is 0 Å². The van der Waals surface area contributed by atoms with Gasteiger partial charge in [0.2, 0.25) is 0 Å². The molecule has 0 spiro atoms. The van der Waals surface area contributed by atoms with Crippen LogP contribution in [0.3, 0.4) is 0 Å². The number of piperidine rings is 1. The Hall–Kier alpha value is -0.450. The van der Waals surface area contributed by atoms with Crippen LogP contribution in [0.2, 0.25) is 0 Å². The van der Waals surface area contributed by atoms with Gasteiger partial charge in [0, 0.05) is 23.6 Å². The lowest BCUT2D eigenvalue weighted by atomic mass is 10.0. The van der Waals surface area contributed by atoms with E-state index in [1.807, 2.05) is 0 Å². The van der Waals surface area contributed by atoms with Gasteiger partial charge in [-0.2, -0.15) is 0 Å². The zero-order valence-corrected chi connectivity index (χ0v) is 13.9. The zero-order valence-electron chi connectivity index (χ0n) is 12.3. The van der Waals surface area contributed by atoms with Gasteiger partial charge in [0.05, 0.1) is 0 Å². The highest BCUT2D eigenvalue weighted by molar-refractivity contribution is 9.10. The summed E-state index contributed by atoms with van der Waals surface area (Å²) in [5.74, 6) is 0.569. The van der Waals surface area contributed by atoms with E-state index in [0.29, 0.717) is 6.04 Å². The molecule has 4 heteroatoms. The molecule has 1 saturated heterocycles. The Morgan fingerprint density at radius 2 is 2.05 bits per heavy atom. The van der Waals surface area contributed by atoms with Crippen LogP contribution in [0.25, 0.3) is 0 Å². The highest BCUT2D eigenvalue weighted by Gasteiger charge is 2.19. The predicted octanol–water partition coefficient (Wildman–Crippen LogP) is 3.80. The van der Waals surface area contributed by atoms with E-state index in [-0.39, 0.29) is 5.82 Å². The second kappa shape index (κ2) is 7.53. The quantitative estimate of drug-likeness (QED) is 0.875. The molecule has 1 aromatic carbocycles. The summed E-state index contributed by atoms with van der Waals surface area (Å²) >= 11 is 3.48. The number of rotatable bonds is 5. The molecule has 1 aliphatic heterocycles. The maximum absolute atomic E-state index is 13.2. The van der Waals surface area contributed by atoms with E-state index in [2.05, 4.69) is 40.0 Å². The standard InChI is InChI=1S/C16H24BrFN2/c1-12(2)11-20-7-5-15(6-8-20)19-10-13-9-14(18)3-4-16(13)17/h3-4,9,12,15,19H,5-8,10-11H2,1-2H3. The third-order valence-electron chi connectivity index (χ3n) is 3.80. The van der Waals surface area contributed by atoms with Crippen molar-refractivity contribution in [3.63, 3.8) is 0 Å². The maximum Gasteiger partial charge on any atom is 0.123 e. The Kier molecular flexibility index (Phi) is 6.00. The maximum atomic E-state index is 13.2. The molecule has 1 fully saturated rings. The van der Waals surface area contributed by atoms with Crippen molar-refractivity contribution in [2.24, 2.45) is 5.92 Å². The average Bonchev–Trinajstić information content (AvgIpc) is 2.41. The Morgan fingerprint density at radius 3 is 2.70 bits per heavy atom. The van der Waals surface area contributed by atoms with Crippen molar-refractivity contribution in [1.29, 1.82) is 0 Å². The van der Waals surface area contributed by atoms with Crippen molar-refractivity contribution < 1.29 is 4.39 Å². The van der Waals surface area contributed by atoms with Gasteiger partial charge in [0.25, 0.3) is 0 Å². The van der Waals surface area contributed by atoms with Crippen LogP contribution < -0.4 is 5.32 Å². The number of nitrogens with one attached hydrogen (secondary N) is 1. The molecule has 1 aromatic rings. The van der Waals surface area contributed by atoms with E-state index in [1.165, 1.54) is 38.5 Å². The number of hydrogen-bond donors (Lipinski definition) is 1. The molecule has 1 aliphatic rings. The molecule has 0 radical (unpaired) electrons. The third kappa shape index (κ3) is 4.83. The van der Waals surface area contributed by atoms with Crippen LogP contribution in [0.1, 0.15) is 32.3 Å². The van der Waals surface area contributed by atoms with E-state index in [9.17, 15) is 4.39 Å². The van der Waals surface area contributed by atoms with Crippen LogP contribution in [0, 0.1) is 11.7 Å². The lowest BCUT2D eigenvalue weighted by Gasteiger charge is -2.33. The SMILES string of the molecule is CC(C)CN1CCC(NCc2cc(F)ccc2Br)CC1. The van der Waals surface area contributed by atoms with Gasteiger partial charge in [-0.1, -0.05) is 29.8 Å². The van der Waals surface area contributed by atoms with Gasteiger partial charge in [-0.15, -0.1) is 0 Å². The van der Waals surface area contributed by atoms with Gasteiger partial charge in [0.15, 0.2) is 0 Å². The topological polar surface area (TPSA) is 15.3 Å². The number of hydrogen-bond acceptors (Lipinski definition) is 2. The normalized spacial score (nSPS) is 17.9. The molecule has 20 heavy (non-hydrogen) atoms. The zero-order chi connectivity index (χ0) is 14.5. The van der Waals surface area contributed by atoms with Crippen molar-refractivity contribution in [2.45, 2.75) is 39.3 Å². The Bertz CT molecular complexity index is 428. The molecule has 0 bridgehead atoms. The molecule has 0 aliphatic carbocycles. The minimum Gasteiger partial charge on any atom is -0.310 e. The first-order valence-corrected chi connectivity index (χ1v) is 8.23. The molecule has 0 atom stereocenters. The van der Waals surface area contributed by atoms with Crippen LogP contribution in [0.15, 0.2) is 22.7 Å². The van der Waals surface area contributed by atoms with E-state index < -0.39 is 0 Å². The van der Waals surface area contributed by atoms with Gasteiger partial charge in [-0.3, -0.25) is 0 Å². The summed E-state index contributed by atoms with van der Waals surface area (Å²) in [6.45, 7) is 8.80. The third-order valence-corrected chi connectivity index (χ3v) is 4.57. The Morgan fingerprint density at radius 1 is 1.35 bits per heavy atom. The van der Waals surface area contributed by atoms with Gasteiger partial charge in [-0.05, 0) is 55.6 Å². The Balaban J connectivity index is 1.77. The lowest BCUT2D eigenvalue weighted by molar-refractivity contribution is 0.179. The smallest absolute Gasteiger partial charge is 0.123 e. The summed E-state index contributed by atoms with van der Waals surface area (Å²) in [5.41, 5.74) is 0.995. The summed E-state index contributed by atoms with van der Waals surface area (Å²) in [6, 6.07) is 5.41. The van der Waals surface area contributed by atoms with Crippen molar-refractivity contribution in [1.82, 2.24) is 10.2 Å². The fourth-order valence-electron chi connectivity index (χ4n) is 2.77. The van der Waals surface area contributed by atoms with Crippen LogP contribution in [0.5, 0.6) is 0 Å². The van der Waals surface area contributed by atoms with Crippen molar-refractivity contribution >= 4 is 15.9 Å². The first kappa shape index (κ1) is 15.9. The molecule has 2 rings (SSSR count). The highest BCUT2D eigenvalue weighted by atomic mass is 79.9. The minimum atomic E-state index is -0.170. The molecule has 0 saturated carbocycles. The summed E-state index contributed by atoms with van der Waals surface area (Å²) in [4.78, 5) is 2.54. The molecule has 1 heterocycles. The molecule has 1 N–H and O–H groups in total. The predicted molar refractivity (Wildman–Crippen MR) is 85.2 cm³/mol. The van der Waals surface area contributed by atoms with Crippen LogP contribution >= 0.6 is 15.9 Å². The molecule has 112 valence electrons. The molecular formula is C16H24BrFN2. The number of halogens is 2. The average molecular weight is 343 g/mol. The molecule has 0 amide bonds. The lowest BCUT2D eigenvalue weighted by Crippen LogP contribution is -2.43. The number of benzene rings is 1. The molecular weight excluding hydrogens is 319 g/mol. The van der Waals surface area contributed by atoms with E-state index in [4.69, 9.17) is 0 Å². The number of nitrogens with zero attached hydrogens (tertiary/aromatic N) is 1. The van der Waals surface area contributed by atoms with Crippen molar-refractivity contribution in [3.05, 3.63) is 34.1 Å². The molecule has 0 unspecified atom stereocenters. The second-order valence-electron chi connectivity index (χ2n) is 6.09. The largest absolute Gasteiger partial charge is 0.310 e. The summed E-state index contributed by atoms with van der Waals surface area (Å²) in [5, 5.41) is 3.56. The molecule has 0 aromatic heterocycles. The van der Waals surface area contributed by atoms with Crippen LogP contribution in [-0.4, -0.2) is 30.6 Å². The monoisotopic (exact) mass is 342 g/mol. The number of likely N-dealkylation sites (tertiary alicyclic amines) is 1. The second-order valence-corrected chi connectivity index (χ2v) is 6.94. The summed E-state index contributed by atoms with van der Waals surface area (Å²) < 4.78 is 14.2. The van der Waals surface area contributed by atoms with Crippen molar-refractivity contribution in [3.8, 4) is 0 Å². The van der Waals surface area contributed by atoms with E-state index in [0.717, 1.165) is 22.5 Å². The molecule has 2 nitrogen and oxygen atoms in total. The van der Waals surface area contributed by atoms with Crippen molar-refractivity contribution in [2.75, 3.05) is 19.6 Å². The van der Waals surface area contributed by atoms with Gasteiger partial charge in [0.1, 0.15) is 5.82 Å².